The van der Waals surface area contributed by atoms with Gasteiger partial charge in [0, 0.05) is 44.2 Å². The molecular weight excluding hydrogens is 322 g/mol. The van der Waals surface area contributed by atoms with E-state index in [0.29, 0.717) is 6.42 Å². The molecule has 1 aromatic rings. The van der Waals surface area contributed by atoms with Gasteiger partial charge >= 0.3 is 0 Å². The quantitative estimate of drug-likeness (QED) is 0.857. The van der Waals surface area contributed by atoms with Crippen molar-refractivity contribution in [2.75, 3.05) is 39.3 Å². The maximum absolute atomic E-state index is 12.5. The van der Waals surface area contributed by atoms with Crippen molar-refractivity contribution in [2.45, 2.75) is 38.1 Å². The van der Waals surface area contributed by atoms with Gasteiger partial charge in [0.25, 0.3) is 0 Å². The molecule has 0 bridgehead atoms. The second kappa shape index (κ2) is 7.85. The molecule has 1 amide bonds. The van der Waals surface area contributed by atoms with Gasteiger partial charge in [0.1, 0.15) is 0 Å². The summed E-state index contributed by atoms with van der Waals surface area (Å²) in [7, 11) is 0. The Morgan fingerprint density at radius 3 is 2.29 bits per heavy atom. The van der Waals surface area contributed by atoms with Crippen molar-refractivity contribution >= 4 is 17.5 Å². The number of amides is 1. The fraction of sp³-hybridized carbons (Fsp3) is 0.632. The number of rotatable bonds is 6. The molecule has 0 atom stereocenters. The molecule has 4 nitrogen and oxygen atoms in total. The summed E-state index contributed by atoms with van der Waals surface area (Å²) in [5.41, 5.74) is 1.02. The van der Waals surface area contributed by atoms with E-state index >= 15 is 0 Å². The van der Waals surface area contributed by atoms with Crippen molar-refractivity contribution in [3.8, 4) is 0 Å². The Kier molecular flexibility index (Phi) is 5.80. The molecule has 1 aromatic carbocycles. The standard InChI is InChI=1S/C19H28ClN3O/c1-2-22-12-14-23(15-13-22)11-8-18(24)21-19(9-3-10-19)16-4-6-17(20)7-5-16/h4-7H,2-3,8-15H2,1H3,(H,21,24). The molecule has 132 valence electrons. The third kappa shape index (κ3) is 4.11. The van der Waals surface area contributed by atoms with Crippen molar-refractivity contribution in [3.05, 3.63) is 34.9 Å². The summed E-state index contributed by atoms with van der Waals surface area (Å²) >= 11 is 5.99. The average molecular weight is 350 g/mol. The number of carbonyl (C=O) groups excluding carboxylic acids is 1. The first-order valence-electron chi connectivity index (χ1n) is 9.13. The van der Waals surface area contributed by atoms with Crippen LogP contribution in [0.4, 0.5) is 0 Å². The van der Waals surface area contributed by atoms with Crippen LogP contribution in [0.1, 0.15) is 38.2 Å². The molecule has 1 heterocycles. The topological polar surface area (TPSA) is 35.6 Å². The highest BCUT2D eigenvalue weighted by molar-refractivity contribution is 6.30. The third-order valence-electron chi connectivity index (χ3n) is 5.55. The van der Waals surface area contributed by atoms with Crippen LogP contribution in [0.3, 0.4) is 0 Å². The van der Waals surface area contributed by atoms with E-state index in [4.69, 9.17) is 11.6 Å². The fourth-order valence-corrected chi connectivity index (χ4v) is 3.83. The number of hydrogen-bond acceptors (Lipinski definition) is 3. The zero-order valence-corrected chi connectivity index (χ0v) is 15.3. The molecule has 0 unspecified atom stereocenters. The molecule has 0 radical (unpaired) electrons. The lowest BCUT2D eigenvalue weighted by Gasteiger charge is -2.43. The van der Waals surface area contributed by atoms with Gasteiger partial charge in [-0.05, 0) is 43.5 Å². The second-order valence-corrected chi connectivity index (χ2v) is 7.45. The minimum absolute atomic E-state index is 0.164. The average Bonchev–Trinajstić information content (AvgIpc) is 2.57. The number of nitrogens with one attached hydrogen (secondary N) is 1. The number of carbonyl (C=O) groups is 1. The first kappa shape index (κ1) is 17.7. The molecule has 1 N–H and O–H groups in total. The molecule has 0 aromatic heterocycles. The van der Waals surface area contributed by atoms with E-state index in [1.54, 1.807) is 0 Å². The first-order chi connectivity index (χ1) is 11.6. The number of likely N-dealkylation sites (N-methyl/N-ethyl adjacent to an activating group) is 1. The molecule has 0 spiro atoms. The highest BCUT2D eigenvalue weighted by atomic mass is 35.5. The molecular formula is C19H28ClN3O. The Labute approximate surface area is 150 Å². The molecule has 1 saturated heterocycles. The van der Waals surface area contributed by atoms with Gasteiger partial charge in [0.15, 0.2) is 0 Å². The highest BCUT2D eigenvalue weighted by Crippen LogP contribution is 2.41. The molecule has 3 rings (SSSR count). The van der Waals surface area contributed by atoms with E-state index in [2.05, 4.69) is 22.0 Å². The van der Waals surface area contributed by atoms with Crippen molar-refractivity contribution < 1.29 is 4.79 Å². The van der Waals surface area contributed by atoms with Gasteiger partial charge in [-0.15, -0.1) is 0 Å². The highest BCUT2D eigenvalue weighted by Gasteiger charge is 2.39. The minimum atomic E-state index is -0.164. The largest absolute Gasteiger partial charge is 0.347 e. The normalized spacial score (nSPS) is 21.2. The van der Waals surface area contributed by atoms with Crippen molar-refractivity contribution in [2.24, 2.45) is 0 Å². The van der Waals surface area contributed by atoms with Gasteiger partial charge in [-0.1, -0.05) is 30.7 Å². The number of piperazine rings is 1. The predicted octanol–water partition coefficient (Wildman–Crippen LogP) is 2.86. The lowest BCUT2D eigenvalue weighted by atomic mass is 9.71. The van der Waals surface area contributed by atoms with Crippen LogP contribution in [0.25, 0.3) is 0 Å². The van der Waals surface area contributed by atoms with E-state index in [0.717, 1.165) is 57.1 Å². The van der Waals surface area contributed by atoms with E-state index in [1.165, 1.54) is 12.0 Å². The molecule has 2 fully saturated rings. The molecule has 2 aliphatic rings. The number of benzene rings is 1. The Morgan fingerprint density at radius 2 is 1.75 bits per heavy atom. The summed E-state index contributed by atoms with van der Waals surface area (Å²) in [5, 5.41) is 4.05. The molecule has 24 heavy (non-hydrogen) atoms. The van der Waals surface area contributed by atoms with Crippen LogP contribution in [-0.2, 0) is 10.3 Å². The lowest BCUT2D eigenvalue weighted by molar-refractivity contribution is -0.124. The van der Waals surface area contributed by atoms with Crippen molar-refractivity contribution in [1.82, 2.24) is 15.1 Å². The van der Waals surface area contributed by atoms with Crippen molar-refractivity contribution in [1.29, 1.82) is 0 Å². The monoisotopic (exact) mass is 349 g/mol. The summed E-state index contributed by atoms with van der Waals surface area (Å²) in [6, 6.07) is 7.92. The number of nitrogens with zero attached hydrogens (tertiary/aromatic N) is 2. The van der Waals surface area contributed by atoms with Gasteiger partial charge in [0.05, 0.1) is 5.54 Å². The van der Waals surface area contributed by atoms with Gasteiger partial charge in [-0.25, -0.2) is 0 Å². The van der Waals surface area contributed by atoms with Crippen LogP contribution in [0, 0.1) is 0 Å². The van der Waals surface area contributed by atoms with Crippen LogP contribution in [-0.4, -0.2) is 55.0 Å². The summed E-state index contributed by atoms with van der Waals surface area (Å²) in [6.07, 6.45) is 3.80. The number of hydrogen-bond donors (Lipinski definition) is 1. The van der Waals surface area contributed by atoms with Gasteiger partial charge in [-0.3, -0.25) is 4.79 Å². The van der Waals surface area contributed by atoms with E-state index in [1.807, 2.05) is 24.3 Å². The predicted molar refractivity (Wildman–Crippen MR) is 98.3 cm³/mol. The van der Waals surface area contributed by atoms with E-state index in [-0.39, 0.29) is 11.4 Å². The summed E-state index contributed by atoms with van der Waals surface area (Å²) in [4.78, 5) is 17.3. The molecule has 1 saturated carbocycles. The van der Waals surface area contributed by atoms with Crippen LogP contribution < -0.4 is 5.32 Å². The smallest absolute Gasteiger partial charge is 0.221 e. The van der Waals surface area contributed by atoms with Crippen LogP contribution in [0.2, 0.25) is 5.02 Å². The molecule has 1 aliphatic carbocycles. The Hall–Kier alpha value is -1.10. The zero-order valence-electron chi connectivity index (χ0n) is 14.6. The number of halogens is 1. The van der Waals surface area contributed by atoms with Crippen LogP contribution in [0.15, 0.2) is 24.3 Å². The maximum atomic E-state index is 12.5. The first-order valence-corrected chi connectivity index (χ1v) is 9.51. The summed E-state index contributed by atoms with van der Waals surface area (Å²) in [5.74, 6) is 0.169. The van der Waals surface area contributed by atoms with Gasteiger partial charge in [0.2, 0.25) is 5.91 Å². The van der Waals surface area contributed by atoms with Crippen LogP contribution >= 0.6 is 11.6 Å². The fourth-order valence-electron chi connectivity index (χ4n) is 3.70. The van der Waals surface area contributed by atoms with Crippen LogP contribution in [0.5, 0.6) is 0 Å². The van der Waals surface area contributed by atoms with Gasteiger partial charge < -0.3 is 15.1 Å². The molecule has 1 aliphatic heterocycles. The van der Waals surface area contributed by atoms with E-state index < -0.39 is 0 Å². The van der Waals surface area contributed by atoms with E-state index in [9.17, 15) is 4.79 Å². The molecule has 5 heteroatoms. The second-order valence-electron chi connectivity index (χ2n) is 7.02. The zero-order chi connectivity index (χ0) is 17.0. The van der Waals surface area contributed by atoms with Gasteiger partial charge in [-0.2, -0.15) is 0 Å². The SMILES string of the molecule is CCN1CCN(CCC(=O)NC2(c3ccc(Cl)cc3)CCC2)CC1. The summed E-state index contributed by atoms with van der Waals surface area (Å²) < 4.78 is 0. The Morgan fingerprint density at radius 1 is 1.12 bits per heavy atom. The Bertz CT molecular complexity index is 548. The Balaban J connectivity index is 1.49. The van der Waals surface area contributed by atoms with Crippen molar-refractivity contribution in [3.63, 3.8) is 0 Å². The third-order valence-corrected chi connectivity index (χ3v) is 5.80. The maximum Gasteiger partial charge on any atom is 0.221 e. The lowest BCUT2D eigenvalue weighted by Crippen LogP contribution is -2.52. The minimum Gasteiger partial charge on any atom is -0.347 e. The summed E-state index contributed by atoms with van der Waals surface area (Å²) in [6.45, 7) is 8.57.